The molecule has 0 unspecified atom stereocenters. The summed E-state index contributed by atoms with van der Waals surface area (Å²) in [6, 6.07) is 9.17. The number of esters is 1. The quantitative estimate of drug-likeness (QED) is 0.586. The number of primary sulfonamides is 1. The summed E-state index contributed by atoms with van der Waals surface area (Å²) in [4.78, 5) is 38.0. The molecule has 0 spiro atoms. The number of hydrogen-bond acceptors (Lipinski definition) is 6. The molecule has 0 radical (unpaired) electrons. The van der Waals surface area contributed by atoms with Crippen LogP contribution in [0.25, 0.3) is 0 Å². The van der Waals surface area contributed by atoms with Crippen molar-refractivity contribution in [2.45, 2.75) is 30.5 Å². The molecule has 13 heteroatoms. The lowest BCUT2D eigenvalue weighted by molar-refractivity contribution is -0.157. The van der Waals surface area contributed by atoms with E-state index in [0.717, 1.165) is 17.0 Å². The number of sulfonamides is 1. The van der Waals surface area contributed by atoms with Gasteiger partial charge in [-0.15, -0.1) is 0 Å². The minimum Gasteiger partial charge on any atom is -0.452 e. The topological polar surface area (TPSA) is 136 Å². The fraction of sp³-hybridized carbons (Fsp3) is 0.286. The fourth-order valence-corrected chi connectivity index (χ4v) is 3.78. The Hall–Kier alpha value is -3.45. The van der Waals surface area contributed by atoms with E-state index in [1.54, 1.807) is 0 Å². The van der Waals surface area contributed by atoms with Gasteiger partial charge >= 0.3 is 12.1 Å². The van der Waals surface area contributed by atoms with Crippen molar-refractivity contribution in [3.05, 3.63) is 54.1 Å². The van der Waals surface area contributed by atoms with E-state index >= 15 is 0 Å². The maximum Gasteiger partial charge on any atom is 0.416 e. The molecule has 182 valence electrons. The summed E-state index contributed by atoms with van der Waals surface area (Å²) in [6.45, 7) is 1.11. The first-order valence-corrected chi connectivity index (χ1v) is 11.4. The number of ether oxygens (including phenoxy) is 1. The molecular weight excluding hydrogens is 479 g/mol. The number of nitrogens with one attached hydrogen (secondary N) is 1. The summed E-state index contributed by atoms with van der Waals surface area (Å²) in [5, 5.41) is 7.45. The Morgan fingerprint density at radius 3 is 2.41 bits per heavy atom. The van der Waals surface area contributed by atoms with Crippen molar-refractivity contribution < 1.29 is 40.7 Å². The lowest BCUT2D eigenvalue weighted by atomic mass is 10.1. The first-order chi connectivity index (χ1) is 15.8. The van der Waals surface area contributed by atoms with Crippen molar-refractivity contribution >= 4 is 39.2 Å². The van der Waals surface area contributed by atoms with Crippen LogP contribution in [0.5, 0.6) is 0 Å². The molecule has 2 aromatic rings. The second-order valence-electron chi connectivity index (χ2n) is 7.59. The summed E-state index contributed by atoms with van der Waals surface area (Å²) >= 11 is 0. The van der Waals surface area contributed by atoms with Crippen molar-refractivity contribution in [3.63, 3.8) is 0 Å². The molecular formula is C21H20F3N3O6S. The Labute approximate surface area is 192 Å². The molecule has 0 aromatic heterocycles. The Balaban J connectivity index is 1.60. The van der Waals surface area contributed by atoms with Gasteiger partial charge in [0.1, 0.15) is 0 Å². The normalized spacial score (nSPS) is 17.4. The average Bonchev–Trinajstić information content (AvgIpc) is 3.14. The van der Waals surface area contributed by atoms with Crippen LogP contribution in [0, 0.1) is 5.92 Å². The van der Waals surface area contributed by atoms with E-state index in [0.29, 0.717) is 0 Å². The second-order valence-corrected chi connectivity index (χ2v) is 9.15. The third-order valence-corrected chi connectivity index (χ3v) is 5.99. The summed E-state index contributed by atoms with van der Waals surface area (Å²) in [6.07, 6.45) is -6.12. The van der Waals surface area contributed by atoms with Gasteiger partial charge in [-0.25, -0.2) is 13.6 Å². The van der Waals surface area contributed by atoms with E-state index < -0.39 is 51.6 Å². The highest BCUT2D eigenvalue weighted by molar-refractivity contribution is 7.89. The Morgan fingerprint density at radius 1 is 1.18 bits per heavy atom. The number of benzene rings is 2. The first kappa shape index (κ1) is 25.2. The summed E-state index contributed by atoms with van der Waals surface area (Å²) in [5.41, 5.74) is -0.692. The number of halogens is 3. The predicted molar refractivity (Wildman–Crippen MR) is 114 cm³/mol. The first-order valence-electron chi connectivity index (χ1n) is 9.87. The highest BCUT2D eigenvalue weighted by Crippen LogP contribution is 2.33. The number of nitrogens with two attached hydrogens (primary N) is 1. The molecule has 3 rings (SSSR count). The molecule has 1 fully saturated rings. The van der Waals surface area contributed by atoms with Gasteiger partial charge in [-0.3, -0.25) is 14.4 Å². The lowest BCUT2D eigenvalue weighted by Gasteiger charge is -2.19. The maximum absolute atomic E-state index is 13.0. The molecule has 2 amide bonds. The van der Waals surface area contributed by atoms with Crippen molar-refractivity contribution in [1.82, 2.24) is 0 Å². The summed E-state index contributed by atoms with van der Waals surface area (Å²) < 4.78 is 66.5. The van der Waals surface area contributed by atoms with Crippen molar-refractivity contribution in [2.75, 3.05) is 16.8 Å². The number of amides is 2. The molecule has 34 heavy (non-hydrogen) atoms. The number of anilines is 2. The number of rotatable bonds is 6. The van der Waals surface area contributed by atoms with E-state index in [2.05, 4.69) is 5.32 Å². The van der Waals surface area contributed by atoms with Crippen LogP contribution in [0.4, 0.5) is 24.5 Å². The van der Waals surface area contributed by atoms with Gasteiger partial charge in [-0.2, -0.15) is 13.2 Å². The van der Waals surface area contributed by atoms with E-state index in [-0.39, 0.29) is 29.2 Å². The van der Waals surface area contributed by atoms with Gasteiger partial charge < -0.3 is 15.0 Å². The van der Waals surface area contributed by atoms with Gasteiger partial charge in [-0.05, 0) is 49.4 Å². The molecule has 1 aliphatic rings. The van der Waals surface area contributed by atoms with Gasteiger partial charge in [-0.1, -0.05) is 6.07 Å². The predicted octanol–water partition coefficient (Wildman–Crippen LogP) is 2.28. The Kier molecular flexibility index (Phi) is 6.98. The molecule has 0 aliphatic carbocycles. The monoisotopic (exact) mass is 499 g/mol. The highest BCUT2D eigenvalue weighted by atomic mass is 32.2. The molecule has 1 aliphatic heterocycles. The van der Waals surface area contributed by atoms with Gasteiger partial charge in [0.15, 0.2) is 6.10 Å². The zero-order valence-corrected chi connectivity index (χ0v) is 18.5. The smallest absolute Gasteiger partial charge is 0.416 e. The van der Waals surface area contributed by atoms with Crippen LogP contribution in [0.3, 0.4) is 0 Å². The molecule has 1 heterocycles. The molecule has 0 saturated carbocycles. The number of alkyl halides is 3. The van der Waals surface area contributed by atoms with E-state index in [4.69, 9.17) is 9.88 Å². The maximum atomic E-state index is 13.0. The SMILES string of the molecule is C[C@H](OC(=O)[C@@H]1CC(=O)N(c2cccc(C(F)(F)F)c2)C1)C(=O)Nc1ccc(S(N)(=O)=O)cc1. The highest BCUT2D eigenvalue weighted by Gasteiger charge is 2.38. The van der Waals surface area contributed by atoms with Gasteiger partial charge in [0.25, 0.3) is 5.91 Å². The average molecular weight is 499 g/mol. The Bertz CT molecular complexity index is 1220. The largest absolute Gasteiger partial charge is 0.452 e. The van der Waals surface area contributed by atoms with Gasteiger partial charge in [0.05, 0.1) is 16.4 Å². The zero-order valence-electron chi connectivity index (χ0n) is 17.7. The van der Waals surface area contributed by atoms with Crippen LogP contribution in [-0.4, -0.2) is 38.9 Å². The van der Waals surface area contributed by atoms with E-state index in [1.807, 2.05) is 0 Å². The molecule has 2 aromatic carbocycles. The summed E-state index contributed by atoms with van der Waals surface area (Å²) in [7, 11) is -3.90. The third kappa shape index (κ3) is 5.91. The van der Waals surface area contributed by atoms with Crippen LogP contribution < -0.4 is 15.4 Å². The van der Waals surface area contributed by atoms with E-state index in [1.165, 1.54) is 43.3 Å². The minimum absolute atomic E-state index is 0.00357. The Morgan fingerprint density at radius 2 is 1.82 bits per heavy atom. The fourth-order valence-electron chi connectivity index (χ4n) is 3.26. The molecule has 3 N–H and O–H groups in total. The molecule has 9 nitrogen and oxygen atoms in total. The van der Waals surface area contributed by atoms with Crippen molar-refractivity contribution in [1.29, 1.82) is 0 Å². The van der Waals surface area contributed by atoms with E-state index in [9.17, 15) is 36.0 Å². The van der Waals surface area contributed by atoms with Gasteiger partial charge in [0, 0.05) is 24.3 Å². The van der Waals surface area contributed by atoms with Crippen LogP contribution in [0.1, 0.15) is 18.9 Å². The number of carbonyl (C=O) groups excluding carboxylic acids is 3. The van der Waals surface area contributed by atoms with Crippen molar-refractivity contribution in [2.24, 2.45) is 11.1 Å². The van der Waals surface area contributed by atoms with Gasteiger partial charge in [0.2, 0.25) is 15.9 Å². The van der Waals surface area contributed by atoms with Crippen LogP contribution in [0.15, 0.2) is 53.4 Å². The lowest BCUT2D eigenvalue weighted by Crippen LogP contribution is -2.33. The minimum atomic E-state index is -4.58. The number of carbonyl (C=O) groups is 3. The van der Waals surface area contributed by atoms with Crippen LogP contribution in [0.2, 0.25) is 0 Å². The molecule has 0 bridgehead atoms. The number of nitrogens with zero attached hydrogens (tertiary/aromatic N) is 1. The molecule has 1 saturated heterocycles. The molecule has 2 atom stereocenters. The third-order valence-electron chi connectivity index (χ3n) is 5.06. The van der Waals surface area contributed by atoms with Crippen LogP contribution >= 0.6 is 0 Å². The number of hydrogen-bond donors (Lipinski definition) is 2. The van der Waals surface area contributed by atoms with Crippen molar-refractivity contribution in [3.8, 4) is 0 Å². The summed E-state index contributed by atoms with van der Waals surface area (Å²) in [5.74, 6) is -3.08. The second kappa shape index (κ2) is 9.43. The zero-order chi connectivity index (χ0) is 25.3. The van der Waals surface area contributed by atoms with Crippen LogP contribution in [-0.2, 0) is 35.3 Å². The standard InChI is InChI=1S/C21H20F3N3O6S/c1-12(19(29)26-15-5-7-17(8-6-15)34(25,31)32)33-20(30)13-9-18(28)27(11-13)16-4-2-3-14(10-16)21(22,23)24/h2-8,10,12-13H,9,11H2,1H3,(H,26,29)(H2,25,31,32)/t12-,13+/m0/s1.